The minimum atomic E-state index is -0.184. The number of rotatable bonds is 6. The molecule has 0 saturated carbocycles. The number of nitrogens with two attached hydrogens (primary N) is 1. The van der Waals surface area contributed by atoms with E-state index in [4.69, 9.17) is 10.5 Å². The highest BCUT2D eigenvalue weighted by Gasteiger charge is 2.10. The number of nitrogens with one attached hydrogen (secondary N) is 1. The normalized spacial score (nSPS) is 11.7. The molecule has 0 fully saturated rings. The quantitative estimate of drug-likeness (QED) is 0.848. The fourth-order valence-electron chi connectivity index (χ4n) is 1.86. The molecule has 1 amide bonds. The predicted octanol–water partition coefficient (Wildman–Crippen LogP) is 1.80. The fraction of sp³-hybridized carbons (Fsp3) is 0.250. The average Bonchev–Trinajstić information content (AvgIpc) is 2.54. The van der Waals surface area contributed by atoms with Gasteiger partial charge in [0.25, 0.3) is 5.91 Å². The Balaban J connectivity index is 1.81. The zero-order chi connectivity index (χ0) is 15.1. The minimum Gasteiger partial charge on any atom is -0.484 e. The lowest BCUT2D eigenvalue weighted by atomic mass is 10.2. The molecule has 1 atom stereocenters. The van der Waals surface area contributed by atoms with Gasteiger partial charge < -0.3 is 15.8 Å². The number of carbonyl (C=O) groups is 1. The Morgan fingerprint density at radius 2 is 2.05 bits per heavy atom. The Morgan fingerprint density at radius 3 is 2.67 bits per heavy atom. The third-order valence-corrected chi connectivity index (χ3v) is 3.04. The molecule has 1 aromatic carbocycles. The molecule has 1 aromatic heterocycles. The topological polar surface area (TPSA) is 77.2 Å². The van der Waals surface area contributed by atoms with Crippen LogP contribution in [-0.4, -0.2) is 17.5 Å². The number of nitrogens with zero attached hydrogens (tertiary/aromatic N) is 1. The van der Waals surface area contributed by atoms with Gasteiger partial charge in [-0.05, 0) is 36.8 Å². The standard InChI is InChI=1S/C16H19N3O2/c1-12(15-4-2-3-9-18-15)19-16(20)11-21-14-7-5-13(10-17)6-8-14/h2-9,12H,10-11,17H2,1H3,(H,19,20). The van der Waals surface area contributed by atoms with Crippen molar-refractivity contribution in [3.63, 3.8) is 0 Å². The van der Waals surface area contributed by atoms with Gasteiger partial charge in [-0.15, -0.1) is 0 Å². The molecule has 1 heterocycles. The van der Waals surface area contributed by atoms with Gasteiger partial charge in [0.1, 0.15) is 5.75 Å². The molecule has 0 bridgehead atoms. The van der Waals surface area contributed by atoms with E-state index in [2.05, 4.69) is 10.3 Å². The van der Waals surface area contributed by atoms with Gasteiger partial charge >= 0.3 is 0 Å². The average molecular weight is 285 g/mol. The second-order valence-electron chi connectivity index (χ2n) is 4.68. The van der Waals surface area contributed by atoms with E-state index in [1.165, 1.54) is 0 Å². The molecule has 2 aromatic rings. The van der Waals surface area contributed by atoms with Crippen molar-refractivity contribution in [1.29, 1.82) is 0 Å². The van der Waals surface area contributed by atoms with Gasteiger partial charge in [0, 0.05) is 12.7 Å². The highest BCUT2D eigenvalue weighted by atomic mass is 16.5. The van der Waals surface area contributed by atoms with E-state index in [9.17, 15) is 4.79 Å². The maximum absolute atomic E-state index is 11.8. The van der Waals surface area contributed by atoms with Crippen molar-refractivity contribution in [3.8, 4) is 5.75 Å². The van der Waals surface area contributed by atoms with Gasteiger partial charge in [0.2, 0.25) is 0 Å². The third kappa shape index (κ3) is 4.57. The second-order valence-corrected chi connectivity index (χ2v) is 4.68. The van der Waals surface area contributed by atoms with Gasteiger partial charge in [-0.1, -0.05) is 18.2 Å². The molecule has 5 heteroatoms. The Hall–Kier alpha value is -2.40. The van der Waals surface area contributed by atoms with Crippen molar-refractivity contribution in [1.82, 2.24) is 10.3 Å². The van der Waals surface area contributed by atoms with Crippen LogP contribution in [0, 0.1) is 0 Å². The lowest BCUT2D eigenvalue weighted by molar-refractivity contribution is -0.123. The van der Waals surface area contributed by atoms with E-state index >= 15 is 0 Å². The Kier molecular flexibility index (Phi) is 5.29. The molecule has 1 unspecified atom stereocenters. The maximum atomic E-state index is 11.8. The first-order valence-corrected chi connectivity index (χ1v) is 6.81. The Bertz CT molecular complexity index is 570. The van der Waals surface area contributed by atoms with Crippen LogP contribution in [0.1, 0.15) is 24.2 Å². The predicted molar refractivity (Wildman–Crippen MR) is 80.6 cm³/mol. The number of hydrogen-bond donors (Lipinski definition) is 2. The highest BCUT2D eigenvalue weighted by molar-refractivity contribution is 5.77. The lowest BCUT2D eigenvalue weighted by Crippen LogP contribution is -2.31. The SMILES string of the molecule is CC(NC(=O)COc1ccc(CN)cc1)c1ccccn1. The highest BCUT2D eigenvalue weighted by Crippen LogP contribution is 2.12. The van der Waals surface area contributed by atoms with E-state index in [1.54, 1.807) is 18.3 Å². The van der Waals surface area contributed by atoms with Gasteiger partial charge in [-0.25, -0.2) is 0 Å². The minimum absolute atomic E-state index is 0.0286. The summed E-state index contributed by atoms with van der Waals surface area (Å²) in [6.07, 6.45) is 1.70. The summed E-state index contributed by atoms with van der Waals surface area (Å²) in [5.74, 6) is 0.462. The summed E-state index contributed by atoms with van der Waals surface area (Å²) in [6, 6.07) is 12.8. The second kappa shape index (κ2) is 7.40. The van der Waals surface area contributed by atoms with E-state index in [-0.39, 0.29) is 18.6 Å². The van der Waals surface area contributed by atoms with Crippen LogP contribution < -0.4 is 15.8 Å². The number of aromatic nitrogens is 1. The van der Waals surface area contributed by atoms with Crippen LogP contribution in [0.5, 0.6) is 5.75 Å². The van der Waals surface area contributed by atoms with Crippen LogP contribution in [0.15, 0.2) is 48.7 Å². The zero-order valence-corrected chi connectivity index (χ0v) is 12.0. The summed E-state index contributed by atoms with van der Waals surface area (Å²) in [4.78, 5) is 16.0. The number of benzene rings is 1. The summed E-state index contributed by atoms with van der Waals surface area (Å²) >= 11 is 0. The summed E-state index contributed by atoms with van der Waals surface area (Å²) in [5, 5.41) is 2.84. The molecule has 0 spiro atoms. The summed E-state index contributed by atoms with van der Waals surface area (Å²) in [7, 11) is 0. The number of pyridine rings is 1. The number of hydrogen-bond acceptors (Lipinski definition) is 4. The smallest absolute Gasteiger partial charge is 0.258 e. The fourth-order valence-corrected chi connectivity index (χ4v) is 1.86. The summed E-state index contributed by atoms with van der Waals surface area (Å²) in [5.41, 5.74) is 7.36. The molecule has 3 N–H and O–H groups in total. The molecule has 0 aliphatic heterocycles. The largest absolute Gasteiger partial charge is 0.484 e. The monoisotopic (exact) mass is 285 g/mol. The molecular weight excluding hydrogens is 266 g/mol. The first-order valence-electron chi connectivity index (χ1n) is 6.81. The molecule has 0 aliphatic rings. The summed E-state index contributed by atoms with van der Waals surface area (Å²) < 4.78 is 5.43. The van der Waals surface area contributed by atoms with Crippen molar-refractivity contribution in [2.45, 2.75) is 19.5 Å². The summed E-state index contributed by atoms with van der Waals surface area (Å²) in [6.45, 7) is 2.35. The van der Waals surface area contributed by atoms with Gasteiger partial charge in [0.15, 0.2) is 6.61 Å². The van der Waals surface area contributed by atoms with Crippen molar-refractivity contribution >= 4 is 5.91 Å². The molecule has 0 radical (unpaired) electrons. The molecule has 2 rings (SSSR count). The maximum Gasteiger partial charge on any atom is 0.258 e. The van der Waals surface area contributed by atoms with Crippen molar-refractivity contribution in [3.05, 3.63) is 59.9 Å². The lowest BCUT2D eigenvalue weighted by Gasteiger charge is -2.13. The number of carbonyl (C=O) groups excluding carboxylic acids is 1. The Labute approximate surface area is 124 Å². The third-order valence-electron chi connectivity index (χ3n) is 3.04. The van der Waals surface area contributed by atoms with E-state index < -0.39 is 0 Å². The molecule has 110 valence electrons. The van der Waals surface area contributed by atoms with Gasteiger partial charge in [-0.2, -0.15) is 0 Å². The van der Waals surface area contributed by atoms with E-state index in [1.807, 2.05) is 37.3 Å². The van der Waals surface area contributed by atoms with Crippen LogP contribution in [0.3, 0.4) is 0 Å². The van der Waals surface area contributed by atoms with Crippen molar-refractivity contribution in [2.75, 3.05) is 6.61 Å². The number of amides is 1. The molecule has 5 nitrogen and oxygen atoms in total. The van der Waals surface area contributed by atoms with Gasteiger partial charge in [0.05, 0.1) is 11.7 Å². The zero-order valence-electron chi connectivity index (χ0n) is 12.0. The number of ether oxygens (including phenoxy) is 1. The van der Waals surface area contributed by atoms with Gasteiger partial charge in [-0.3, -0.25) is 9.78 Å². The van der Waals surface area contributed by atoms with Crippen LogP contribution in [0.4, 0.5) is 0 Å². The van der Waals surface area contributed by atoms with Crippen molar-refractivity contribution < 1.29 is 9.53 Å². The van der Waals surface area contributed by atoms with Crippen LogP contribution in [-0.2, 0) is 11.3 Å². The molecular formula is C16H19N3O2. The Morgan fingerprint density at radius 1 is 1.29 bits per heavy atom. The molecule has 21 heavy (non-hydrogen) atoms. The first-order chi connectivity index (χ1) is 10.2. The van der Waals surface area contributed by atoms with Crippen LogP contribution in [0.2, 0.25) is 0 Å². The van der Waals surface area contributed by atoms with Crippen LogP contribution >= 0.6 is 0 Å². The van der Waals surface area contributed by atoms with E-state index in [0.717, 1.165) is 11.3 Å². The van der Waals surface area contributed by atoms with Crippen LogP contribution in [0.25, 0.3) is 0 Å². The molecule has 0 aliphatic carbocycles. The van der Waals surface area contributed by atoms with E-state index in [0.29, 0.717) is 12.3 Å². The van der Waals surface area contributed by atoms with Crippen molar-refractivity contribution in [2.24, 2.45) is 5.73 Å². The molecule has 0 saturated heterocycles. The first kappa shape index (κ1) is 15.0.